The number of aryl methyl sites for hydroxylation is 1. The second kappa shape index (κ2) is 8.77. The van der Waals surface area contributed by atoms with Gasteiger partial charge in [-0.1, -0.05) is 17.7 Å². The molecule has 25 heavy (non-hydrogen) atoms. The number of hydrogen-bond donors (Lipinski definition) is 3. The molecule has 0 aliphatic heterocycles. The van der Waals surface area contributed by atoms with E-state index in [-0.39, 0.29) is 16.9 Å². The largest absolute Gasteiger partial charge is 0.496 e. The molecule has 3 N–H and O–H groups in total. The van der Waals surface area contributed by atoms with Crippen molar-refractivity contribution in [3.8, 4) is 5.75 Å². The summed E-state index contributed by atoms with van der Waals surface area (Å²) in [5.74, 6) is -0.0542. The van der Waals surface area contributed by atoms with Crippen molar-refractivity contribution in [2.24, 2.45) is 0 Å². The van der Waals surface area contributed by atoms with Crippen LogP contribution in [-0.2, 0) is 0 Å². The second-order valence-corrected chi connectivity index (χ2v) is 6.65. The smallest absolute Gasteiger partial charge is 0.269 e. The van der Waals surface area contributed by atoms with Crippen LogP contribution >= 0.6 is 34.8 Å². The van der Waals surface area contributed by atoms with Crippen LogP contribution in [0.5, 0.6) is 5.75 Å². The SMILES string of the molecule is COc1ccc(C(=O)NC(=S)NNC(=O)c2ccc(C)cc2)cc1I. The number of hydrogen-bond acceptors (Lipinski definition) is 4. The van der Waals surface area contributed by atoms with Gasteiger partial charge in [-0.15, -0.1) is 0 Å². The van der Waals surface area contributed by atoms with Crippen molar-refractivity contribution in [3.63, 3.8) is 0 Å². The number of benzene rings is 2. The number of halogens is 1. The summed E-state index contributed by atoms with van der Waals surface area (Å²) in [7, 11) is 1.56. The van der Waals surface area contributed by atoms with Gasteiger partial charge >= 0.3 is 0 Å². The van der Waals surface area contributed by atoms with E-state index in [1.807, 2.05) is 19.1 Å². The Labute approximate surface area is 164 Å². The molecule has 0 saturated carbocycles. The molecule has 2 aromatic rings. The third-order valence-corrected chi connectivity index (χ3v) is 4.29. The van der Waals surface area contributed by atoms with Gasteiger partial charge in [-0.05, 0) is 72.1 Å². The van der Waals surface area contributed by atoms with Gasteiger partial charge in [0.25, 0.3) is 11.8 Å². The van der Waals surface area contributed by atoms with Crippen molar-refractivity contribution in [2.45, 2.75) is 6.92 Å². The first kappa shape index (κ1) is 19.1. The van der Waals surface area contributed by atoms with Crippen molar-refractivity contribution in [1.82, 2.24) is 16.2 Å². The van der Waals surface area contributed by atoms with E-state index in [1.165, 1.54) is 0 Å². The molecule has 0 saturated heterocycles. The maximum atomic E-state index is 12.2. The standard InChI is InChI=1S/C17H16IN3O3S/c1-10-3-5-11(6-4-10)16(23)20-21-17(25)19-15(22)12-7-8-14(24-2)13(18)9-12/h3-9H,1-2H3,(H,20,23)(H2,19,21,22,25). The molecule has 2 amide bonds. The van der Waals surface area contributed by atoms with E-state index >= 15 is 0 Å². The molecule has 2 rings (SSSR count). The van der Waals surface area contributed by atoms with Gasteiger partial charge < -0.3 is 4.74 Å². The molecule has 2 aromatic carbocycles. The first-order valence-corrected chi connectivity index (χ1v) is 8.71. The summed E-state index contributed by atoms with van der Waals surface area (Å²) in [6, 6.07) is 12.1. The fraction of sp³-hybridized carbons (Fsp3) is 0.118. The zero-order valence-corrected chi connectivity index (χ0v) is 16.5. The fourth-order valence-corrected chi connectivity index (χ4v) is 2.78. The number of thiocarbonyl (C=S) groups is 1. The Bertz CT molecular complexity index is 809. The van der Waals surface area contributed by atoms with Gasteiger partial charge in [0.15, 0.2) is 5.11 Å². The highest BCUT2D eigenvalue weighted by atomic mass is 127. The molecule has 0 aromatic heterocycles. The second-order valence-electron chi connectivity index (χ2n) is 5.08. The van der Waals surface area contributed by atoms with Crippen LogP contribution in [0.4, 0.5) is 0 Å². The summed E-state index contributed by atoms with van der Waals surface area (Å²) in [6.07, 6.45) is 0. The zero-order valence-electron chi connectivity index (χ0n) is 13.6. The van der Waals surface area contributed by atoms with Crippen LogP contribution in [0.25, 0.3) is 0 Å². The summed E-state index contributed by atoms with van der Waals surface area (Å²) >= 11 is 7.09. The molecule has 0 bridgehead atoms. The monoisotopic (exact) mass is 469 g/mol. The lowest BCUT2D eigenvalue weighted by Gasteiger charge is -2.11. The Morgan fingerprint density at radius 2 is 1.64 bits per heavy atom. The highest BCUT2D eigenvalue weighted by Gasteiger charge is 2.11. The van der Waals surface area contributed by atoms with Gasteiger partial charge in [0, 0.05) is 11.1 Å². The van der Waals surface area contributed by atoms with Crippen LogP contribution < -0.4 is 20.9 Å². The molecule has 0 unspecified atom stereocenters. The van der Waals surface area contributed by atoms with Crippen LogP contribution in [0, 0.1) is 10.5 Å². The number of ether oxygens (including phenoxy) is 1. The Hall–Kier alpha value is -2.20. The van der Waals surface area contributed by atoms with Crippen LogP contribution in [0.15, 0.2) is 42.5 Å². The minimum absolute atomic E-state index is 0.00344. The summed E-state index contributed by atoms with van der Waals surface area (Å²) in [5, 5.41) is 2.50. The summed E-state index contributed by atoms with van der Waals surface area (Å²) in [6.45, 7) is 1.94. The van der Waals surface area contributed by atoms with E-state index in [1.54, 1.807) is 37.4 Å². The van der Waals surface area contributed by atoms with Crippen molar-refractivity contribution in [2.75, 3.05) is 7.11 Å². The predicted octanol–water partition coefficient (Wildman–Crippen LogP) is 2.56. The first-order chi connectivity index (χ1) is 11.9. The first-order valence-electron chi connectivity index (χ1n) is 7.22. The molecule has 8 heteroatoms. The Morgan fingerprint density at radius 1 is 1.00 bits per heavy atom. The molecule has 6 nitrogen and oxygen atoms in total. The average molecular weight is 469 g/mol. The topological polar surface area (TPSA) is 79.5 Å². The third-order valence-electron chi connectivity index (χ3n) is 3.24. The molecule has 0 aliphatic rings. The lowest BCUT2D eigenvalue weighted by atomic mass is 10.1. The third kappa shape index (κ3) is 5.40. The van der Waals surface area contributed by atoms with Crippen molar-refractivity contribution >= 4 is 51.7 Å². The molecular formula is C17H16IN3O3S. The van der Waals surface area contributed by atoms with Gasteiger partial charge in [-0.2, -0.15) is 0 Å². The number of rotatable bonds is 3. The van der Waals surface area contributed by atoms with Gasteiger partial charge in [0.2, 0.25) is 0 Å². The molecule has 0 radical (unpaired) electrons. The van der Waals surface area contributed by atoms with Crippen LogP contribution in [0.2, 0.25) is 0 Å². The Kier molecular flexibility index (Phi) is 6.71. The molecule has 0 fully saturated rings. The average Bonchev–Trinajstić information content (AvgIpc) is 2.60. The molecule has 0 aliphatic carbocycles. The Morgan fingerprint density at radius 3 is 2.24 bits per heavy atom. The number of carbonyl (C=O) groups excluding carboxylic acids is 2. The van der Waals surface area contributed by atoms with Gasteiger partial charge in [0.05, 0.1) is 10.7 Å². The summed E-state index contributed by atoms with van der Waals surface area (Å²) < 4.78 is 5.96. The molecule has 0 heterocycles. The van der Waals surface area contributed by atoms with Crippen LogP contribution in [0.1, 0.15) is 26.3 Å². The van der Waals surface area contributed by atoms with Crippen molar-refractivity contribution in [1.29, 1.82) is 0 Å². The van der Waals surface area contributed by atoms with E-state index in [0.29, 0.717) is 16.9 Å². The van der Waals surface area contributed by atoms with Gasteiger partial charge in [0.1, 0.15) is 5.75 Å². The van der Waals surface area contributed by atoms with E-state index in [0.717, 1.165) is 9.13 Å². The van der Waals surface area contributed by atoms with Crippen LogP contribution in [0.3, 0.4) is 0 Å². The predicted molar refractivity (Wildman–Crippen MR) is 108 cm³/mol. The maximum Gasteiger partial charge on any atom is 0.269 e. The van der Waals surface area contributed by atoms with E-state index in [9.17, 15) is 9.59 Å². The minimum atomic E-state index is -0.386. The van der Waals surface area contributed by atoms with Crippen molar-refractivity contribution < 1.29 is 14.3 Å². The molecular weight excluding hydrogens is 453 g/mol. The number of hydrazine groups is 1. The Balaban J connectivity index is 1.89. The van der Waals surface area contributed by atoms with Crippen molar-refractivity contribution in [3.05, 3.63) is 62.7 Å². The van der Waals surface area contributed by atoms with Gasteiger partial charge in [-0.25, -0.2) is 0 Å². The lowest BCUT2D eigenvalue weighted by molar-refractivity contribution is 0.0934. The number of methoxy groups -OCH3 is 1. The van der Waals surface area contributed by atoms with E-state index < -0.39 is 0 Å². The van der Waals surface area contributed by atoms with Gasteiger partial charge in [-0.3, -0.25) is 25.8 Å². The van der Waals surface area contributed by atoms with Crippen LogP contribution in [-0.4, -0.2) is 24.0 Å². The van der Waals surface area contributed by atoms with E-state index in [4.69, 9.17) is 17.0 Å². The minimum Gasteiger partial charge on any atom is -0.496 e. The summed E-state index contributed by atoms with van der Waals surface area (Å²) in [4.78, 5) is 24.1. The van der Waals surface area contributed by atoms with E-state index in [2.05, 4.69) is 38.8 Å². The highest BCUT2D eigenvalue weighted by molar-refractivity contribution is 14.1. The fourth-order valence-electron chi connectivity index (χ4n) is 1.90. The molecule has 130 valence electrons. The normalized spacial score (nSPS) is 9.88. The number of carbonyl (C=O) groups is 2. The lowest BCUT2D eigenvalue weighted by Crippen LogP contribution is -2.48. The molecule has 0 atom stereocenters. The highest BCUT2D eigenvalue weighted by Crippen LogP contribution is 2.21. The maximum absolute atomic E-state index is 12.2. The number of nitrogens with one attached hydrogen (secondary N) is 3. The molecule has 0 spiro atoms. The quantitative estimate of drug-likeness (QED) is 0.366. The number of amides is 2. The zero-order chi connectivity index (χ0) is 18.4. The summed E-state index contributed by atoms with van der Waals surface area (Å²) in [5.41, 5.74) is 6.91.